The molecule has 0 saturated carbocycles. The smallest absolute Gasteiger partial charge is 0.251 e. The van der Waals surface area contributed by atoms with Gasteiger partial charge in [-0.2, -0.15) is 0 Å². The van der Waals surface area contributed by atoms with Crippen molar-refractivity contribution in [3.63, 3.8) is 0 Å². The number of ether oxygens (including phenoxy) is 1. The highest BCUT2D eigenvalue weighted by atomic mass is 35.5. The fourth-order valence-corrected chi connectivity index (χ4v) is 2.26. The first-order valence-corrected chi connectivity index (χ1v) is 6.72. The van der Waals surface area contributed by atoms with Crippen LogP contribution in [0.1, 0.15) is 35.7 Å². The zero-order valence-corrected chi connectivity index (χ0v) is 11.3. The first-order valence-electron chi connectivity index (χ1n) is 6.18. The second kappa shape index (κ2) is 5.72. The van der Waals surface area contributed by atoms with Gasteiger partial charge in [0, 0.05) is 30.2 Å². The highest BCUT2D eigenvalue weighted by Crippen LogP contribution is 2.20. The van der Waals surface area contributed by atoms with Crippen molar-refractivity contribution in [2.75, 3.05) is 13.2 Å². The van der Waals surface area contributed by atoms with Crippen LogP contribution in [0.3, 0.4) is 0 Å². The van der Waals surface area contributed by atoms with Crippen LogP contribution in [0.25, 0.3) is 0 Å². The van der Waals surface area contributed by atoms with Crippen LogP contribution in [0.15, 0.2) is 24.3 Å². The van der Waals surface area contributed by atoms with Gasteiger partial charge in [0.2, 0.25) is 0 Å². The molecule has 2 rings (SSSR count). The zero-order chi connectivity index (χ0) is 13.0. The van der Waals surface area contributed by atoms with E-state index in [2.05, 4.69) is 12.2 Å². The number of benzene rings is 1. The van der Waals surface area contributed by atoms with Gasteiger partial charge in [-0.05, 0) is 37.5 Å². The van der Waals surface area contributed by atoms with Crippen LogP contribution in [0, 0.1) is 0 Å². The Kier molecular flexibility index (Phi) is 4.25. The molecule has 1 fully saturated rings. The second-order valence-electron chi connectivity index (χ2n) is 4.96. The third kappa shape index (κ3) is 3.24. The number of hydrogen-bond acceptors (Lipinski definition) is 2. The molecule has 1 aliphatic heterocycles. The highest BCUT2D eigenvalue weighted by molar-refractivity contribution is 6.17. The van der Waals surface area contributed by atoms with Crippen LogP contribution in [-0.4, -0.2) is 24.7 Å². The van der Waals surface area contributed by atoms with Gasteiger partial charge in [0.1, 0.15) is 0 Å². The van der Waals surface area contributed by atoms with Crippen LogP contribution >= 0.6 is 11.6 Å². The Morgan fingerprint density at radius 3 is 2.83 bits per heavy atom. The molecule has 0 aliphatic carbocycles. The van der Waals surface area contributed by atoms with Gasteiger partial charge in [-0.3, -0.25) is 4.79 Å². The largest absolute Gasteiger partial charge is 0.381 e. The van der Waals surface area contributed by atoms with Crippen molar-refractivity contribution in [2.24, 2.45) is 0 Å². The minimum Gasteiger partial charge on any atom is -0.381 e. The average Bonchev–Trinajstić information content (AvgIpc) is 2.39. The van der Waals surface area contributed by atoms with Crippen LogP contribution in [0.5, 0.6) is 0 Å². The number of rotatable bonds is 3. The van der Waals surface area contributed by atoms with Crippen molar-refractivity contribution in [1.82, 2.24) is 5.32 Å². The Hall–Kier alpha value is -1.06. The normalized spacial score (nSPS) is 18.3. The number of halogens is 1. The molecule has 0 unspecified atom stereocenters. The van der Waals surface area contributed by atoms with Crippen molar-refractivity contribution in [3.05, 3.63) is 35.4 Å². The minimum atomic E-state index is -0.160. The quantitative estimate of drug-likeness (QED) is 0.855. The molecule has 1 amide bonds. The Morgan fingerprint density at radius 2 is 2.17 bits per heavy atom. The topological polar surface area (TPSA) is 38.3 Å². The third-order valence-corrected chi connectivity index (χ3v) is 3.66. The van der Waals surface area contributed by atoms with E-state index < -0.39 is 0 Å². The molecule has 1 saturated heterocycles. The summed E-state index contributed by atoms with van der Waals surface area (Å²) < 4.78 is 5.32. The molecule has 1 N–H and O–H groups in total. The summed E-state index contributed by atoms with van der Waals surface area (Å²) in [7, 11) is 0. The van der Waals surface area contributed by atoms with E-state index >= 15 is 0 Å². The molecular formula is C14H18ClNO2. The molecule has 0 radical (unpaired) electrons. The Morgan fingerprint density at radius 1 is 1.44 bits per heavy atom. The number of amides is 1. The van der Waals surface area contributed by atoms with E-state index in [0.29, 0.717) is 24.7 Å². The van der Waals surface area contributed by atoms with E-state index in [1.807, 2.05) is 24.3 Å². The Bertz CT molecular complexity index is 428. The molecule has 98 valence electrons. The number of hydrogen-bond donors (Lipinski definition) is 1. The van der Waals surface area contributed by atoms with Gasteiger partial charge in [-0.25, -0.2) is 0 Å². The van der Waals surface area contributed by atoms with E-state index in [1.165, 1.54) is 0 Å². The molecule has 0 aromatic heterocycles. The second-order valence-corrected chi connectivity index (χ2v) is 5.23. The summed E-state index contributed by atoms with van der Waals surface area (Å²) in [5, 5.41) is 3.10. The Balaban J connectivity index is 2.06. The average molecular weight is 268 g/mol. The summed E-state index contributed by atoms with van der Waals surface area (Å²) in [5.41, 5.74) is 1.47. The molecule has 0 spiro atoms. The van der Waals surface area contributed by atoms with Gasteiger partial charge < -0.3 is 10.1 Å². The first kappa shape index (κ1) is 13.4. The molecular weight excluding hydrogens is 250 g/mol. The summed E-state index contributed by atoms with van der Waals surface area (Å²) >= 11 is 5.77. The maximum Gasteiger partial charge on any atom is 0.251 e. The fraction of sp³-hybridized carbons (Fsp3) is 0.500. The van der Waals surface area contributed by atoms with Gasteiger partial charge in [0.15, 0.2) is 0 Å². The number of carbonyl (C=O) groups is 1. The van der Waals surface area contributed by atoms with Gasteiger partial charge >= 0.3 is 0 Å². The van der Waals surface area contributed by atoms with Crippen LogP contribution in [0.2, 0.25) is 0 Å². The van der Waals surface area contributed by atoms with E-state index in [9.17, 15) is 4.79 Å². The van der Waals surface area contributed by atoms with Crippen molar-refractivity contribution >= 4 is 17.5 Å². The van der Waals surface area contributed by atoms with E-state index in [1.54, 1.807) is 0 Å². The number of alkyl halides is 1. The van der Waals surface area contributed by atoms with Gasteiger partial charge in [-0.1, -0.05) is 12.1 Å². The summed E-state index contributed by atoms with van der Waals surface area (Å²) in [6.45, 7) is 3.48. The standard InChI is InChI=1S/C14H18ClNO2/c1-14(5-7-18-8-6-14)16-13(17)12-4-2-3-11(9-12)10-15/h2-4,9H,5-8,10H2,1H3,(H,16,17). The van der Waals surface area contributed by atoms with Crippen LogP contribution in [-0.2, 0) is 10.6 Å². The van der Waals surface area contributed by atoms with Crippen molar-refractivity contribution in [2.45, 2.75) is 31.2 Å². The summed E-state index contributed by atoms with van der Waals surface area (Å²) in [6.07, 6.45) is 1.71. The molecule has 1 aromatic carbocycles. The lowest BCUT2D eigenvalue weighted by Gasteiger charge is -2.34. The number of carbonyl (C=O) groups excluding carboxylic acids is 1. The molecule has 18 heavy (non-hydrogen) atoms. The lowest BCUT2D eigenvalue weighted by atomic mass is 9.92. The molecule has 1 aliphatic rings. The SMILES string of the molecule is CC1(NC(=O)c2cccc(CCl)c2)CCOCC1. The summed E-state index contributed by atoms with van der Waals surface area (Å²) in [4.78, 5) is 12.2. The molecule has 0 atom stereocenters. The minimum absolute atomic E-state index is 0.0358. The highest BCUT2D eigenvalue weighted by Gasteiger charge is 2.29. The molecule has 4 heteroatoms. The van der Waals surface area contributed by atoms with Gasteiger partial charge in [0.05, 0.1) is 0 Å². The van der Waals surface area contributed by atoms with Crippen molar-refractivity contribution < 1.29 is 9.53 Å². The maximum atomic E-state index is 12.2. The lowest BCUT2D eigenvalue weighted by molar-refractivity contribution is 0.0423. The summed E-state index contributed by atoms with van der Waals surface area (Å²) in [5.74, 6) is 0.387. The molecule has 0 bridgehead atoms. The van der Waals surface area contributed by atoms with Crippen LogP contribution < -0.4 is 5.32 Å². The lowest BCUT2D eigenvalue weighted by Crippen LogP contribution is -2.49. The zero-order valence-electron chi connectivity index (χ0n) is 10.5. The van der Waals surface area contributed by atoms with E-state index in [4.69, 9.17) is 16.3 Å². The van der Waals surface area contributed by atoms with E-state index in [0.717, 1.165) is 18.4 Å². The third-order valence-electron chi connectivity index (χ3n) is 3.36. The van der Waals surface area contributed by atoms with Crippen molar-refractivity contribution in [3.8, 4) is 0 Å². The monoisotopic (exact) mass is 267 g/mol. The molecule has 3 nitrogen and oxygen atoms in total. The predicted molar refractivity (Wildman–Crippen MR) is 71.9 cm³/mol. The summed E-state index contributed by atoms with van der Waals surface area (Å²) in [6, 6.07) is 7.43. The number of nitrogens with one attached hydrogen (secondary N) is 1. The van der Waals surface area contributed by atoms with Crippen molar-refractivity contribution in [1.29, 1.82) is 0 Å². The first-order chi connectivity index (χ1) is 8.63. The maximum absolute atomic E-state index is 12.2. The van der Waals surface area contributed by atoms with E-state index in [-0.39, 0.29) is 11.4 Å². The fourth-order valence-electron chi connectivity index (χ4n) is 2.09. The van der Waals surface area contributed by atoms with Gasteiger partial charge in [0.25, 0.3) is 5.91 Å². The predicted octanol–water partition coefficient (Wildman–Crippen LogP) is 2.72. The van der Waals surface area contributed by atoms with Gasteiger partial charge in [-0.15, -0.1) is 11.6 Å². The molecule has 1 aromatic rings. The molecule has 1 heterocycles. The Labute approximate surface area is 112 Å². The van der Waals surface area contributed by atoms with Crippen LogP contribution in [0.4, 0.5) is 0 Å².